The van der Waals surface area contributed by atoms with E-state index >= 15 is 0 Å². The second kappa shape index (κ2) is 9.12. The monoisotopic (exact) mass is 361 g/mol. The maximum absolute atomic E-state index is 12.4. The van der Waals surface area contributed by atoms with Crippen LogP contribution in [0, 0.1) is 0 Å². The zero-order valence-corrected chi connectivity index (χ0v) is 15.9. The molecule has 1 N–H and O–H groups in total. The van der Waals surface area contributed by atoms with Crippen LogP contribution in [-0.2, 0) is 0 Å². The molecule has 6 heteroatoms. The number of urea groups is 1. The van der Waals surface area contributed by atoms with E-state index in [1.54, 1.807) is 7.11 Å². The highest BCUT2D eigenvalue weighted by atomic mass is 16.5. The highest BCUT2D eigenvalue weighted by Gasteiger charge is 2.33. The molecule has 0 bridgehead atoms. The summed E-state index contributed by atoms with van der Waals surface area (Å²) in [6, 6.07) is 8.07. The van der Waals surface area contributed by atoms with Crippen molar-refractivity contribution in [2.24, 2.45) is 0 Å². The van der Waals surface area contributed by atoms with Gasteiger partial charge in [0.2, 0.25) is 0 Å². The third-order valence-electron chi connectivity index (χ3n) is 5.37. The van der Waals surface area contributed by atoms with Gasteiger partial charge in [-0.15, -0.1) is 0 Å². The summed E-state index contributed by atoms with van der Waals surface area (Å²) in [5, 5.41) is 3.10. The van der Waals surface area contributed by atoms with Gasteiger partial charge in [-0.3, -0.25) is 4.90 Å². The summed E-state index contributed by atoms with van der Waals surface area (Å²) in [6.45, 7) is 6.48. The zero-order chi connectivity index (χ0) is 18.4. The van der Waals surface area contributed by atoms with E-state index in [4.69, 9.17) is 9.47 Å². The molecule has 0 unspecified atom stereocenters. The molecule has 1 aromatic carbocycles. The van der Waals surface area contributed by atoms with E-state index in [1.807, 2.05) is 29.2 Å². The van der Waals surface area contributed by atoms with Crippen LogP contribution in [0.1, 0.15) is 32.6 Å². The molecule has 2 aliphatic rings. The Morgan fingerprint density at radius 1 is 1.19 bits per heavy atom. The molecule has 0 spiro atoms. The zero-order valence-electron chi connectivity index (χ0n) is 15.9. The van der Waals surface area contributed by atoms with E-state index in [1.165, 1.54) is 19.3 Å². The average molecular weight is 361 g/mol. The van der Waals surface area contributed by atoms with Crippen LogP contribution in [0.5, 0.6) is 11.5 Å². The van der Waals surface area contributed by atoms with Gasteiger partial charge in [0.1, 0.15) is 6.10 Å². The van der Waals surface area contributed by atoms with Gasteiger partial charge in [-0.1, -0.05) is 25.5 Å². The summed E-state index contributed by atoms with van der Waals surface area (Å²) in [6.07, 6.45) is 4.98. The first-order valence-electron chi connectivity index (χ1n) is 9.77. The molecule has 0 aliphatic carbocycles. The number of nitrogens with one attached hydrogen (secondary N) is 1. The summed E-state index contributed by atoms with van der Waals surface area (Å²) >= 11 is 0. The lowest BCUT2D eigenvalue weighted by Gasteiger charge is -2.40. The number of rotatable bonds is 7. The standard InChI is InChI=1S/C20H31N3O3/c1-3-16(22-11-7-4-8-12-22)13-21-20(24)23-14-17(15-23)26-19-10-6-5-9-18(19)25-2/h5-6,9-10,16-17H,3-4,7-8,11-15H2,1-2H3,(H,21,24)/t16-/m1/s1. The number of carbonyl (C=O) groups is 1. The molecule has 6 nitrogen and oxygen atoms in total. The van der Waals surface area contributed by atoms with Crippen molar-refractivity contribution in [2.45, 2.75) is 44.8 Å². The molecule has 144 valence electrons. The molecular formula is C20H31N3O3. The van der Waals surface area contributed by atoms with Crippen molar-refractivity contribution in [3.63, 3.8) is 0 Å². The number of carbonyl (C=O) groups excluding carboxylic acids is 1. The van der Waals surface area contributed by atoms with Gasteiger partial charge in [-0.25, -0.2) is 4.79 Å². The van der Waals surface area contributed by atoms with Gasteiger partial charge < -0.3 is 19.7 Å². The number of hydrogen-bond donors (Lipinski definition) is 1. The molecule has 0 radical (unpaired) electrons. The Morgan fingerprint density at radius 3 is 2.54 bits per heavy atom. The number of piperidine rings is 1. The molecular weight excluding hydrogens is 330 g/mol. The SMILES string of the molecule is CC[C@H](CNC(=O)N1CC(Oc2ccccc2OC)C1)N1CCCCC1. The maximum Gasteiger partial charge on any atom is 0.317 e. The van der Waals surface area contributed by atoms with Gasteiger partial charge in [0.25, 0.3) is 0 Å². The van der Waals surface area contributed by atoms with Crippen LogP contribution < -0.4 is 14.8 Å². The molecule has 26 heavy (non-hydrogen) atoms. The fourth-order valence-electron chi connectivity index (χ4n) is 3.71. The Morgan fingerprint density at radius 2 is 1.88 bits per heavy atom. The highest BCUT2D eigenvalue weighted by molar-refractivity contribution is 5.75. The number of ether oxygens (including phenoxy) is 2. The van der Waals surface area contributed by atoms with Gasteiger partial charge in [0.05, 0.1) is 20.2 Å². The largest absolute Gasteiger partial charge is 0.493 e. The predicted molar refractivity (Wildman–Crippen MR) is 102 cm³/mol. The maximum atomic E-state index is 12.4. The minimum atomic E-state index is 0.0142. The predicted octanol–water partition coefficient (Wildman–Crippen LogP) is 2.73. The first kappa shape index (κ1) is 18.8. The van der Waals surface area contributed by atoms with E-state index < -0.39 is 0 Å². The van der Waals surface area contributed by atoms with Crippen molar-refractivity contribution >= 4 is 6.03 Å². The molecule has 2 aliphatic heterocycles. The van der Waals surface area contributed by atoms with Crippen molar-refractivity contribution in [1.29, 1.82) is 0 Å². The van der Waals surface area contributed by atoms with Crippen LogP contribution in [-0.4, -0.2) is 67.8 Å². The summed E-state index contributed by atoms with van der Waals surface area (Å²) in [5.41, 5.74) is 0. The van der Waals surface area contributed by atoms with Gasteiger partial charge in [-0.05, 0) is 44.5 Å². The lowest BCUT2D eigenvalue weighted by molar-refractivity contribution is 0.0417. The number of nitrogens with zero attached hydrogens (tertiary/aromatic N) is 2. The molecule has 2 fully saturated rings. The Balaban J connectivity index is 1.40. The highest BCUT2D eigenvalue weighted by Crippen LogP contribution is 2.28. The van der Waals surface area contributed by atoms with E-state index in [0.29, 0.717) is 19.1 Å². The van der Waals surface area contributed by atoms with Gasteiger partial charge in [0.15, 0.2) is 11.5 Å². The Bertz CT molecular complexity index is 583. The summed E-state index contributed by atoms with van der Waals surface area (Å²) in [4.78, 5) is 16.7. The van der Waals surface area contributed by atoms with Crippen molar-refractivity contribution in [3.8, 4) is 11.5 Å². The van der Waals surface area contributed by atoms with Crippen molar-refractivity contribution in [3.05, 3.63) is 24.3 Å². The molecule has 1 atom stereocenters. The molecule has 2 saturated heterocycles. The number of hydrogen-bond acceptors (Lipinski definition) is 4. The van der Waals surface area contributed by atoms with E-state index in [0.717, 1.165) is 37.6 Å². The number of para-hydroxylation sites is 2. The van der Waals surface area contributed by atoms with Gasteiger partial charge in [0, 0.05) is 12.6 Å². The fourth-order valence-corrected chi connectivity index (χ4v) is 3.71. The lowest BCUT2D eigenvalue weighted by atomic mass is 10.1. The topological polar surface area (TPSA) is 54.0 Å². The summed E-state index contributed by atoms with van der Waals surface area (Å²) < 4.78 is 11.2. The van der Waals surface area contributed by atoms with Crippen LogP contribution in [0.2, 0.25) is 0 Å². The molecule has 2 amide bonds. The minimum Gasteiger partial charge on any atom is -0.493 e. The average Bonchev–Trinajstić information content (AvgIpc) is 2.65. The first-order valence-corrected chi connectivity index (χ1v) is 9.77. The normalized spacial score (nSPS) is 19.5. The van der Waals surface area contributed by atoms with Gasteiger partial charge in [-0.2, -0.15) is 0 Å². The van der Waals surface area contributed by atoms with E-state index in [-0.39, 0.29) is 12.1 Å². The quantitative estimate of drug-likeness (QED) is 0.811. The number of likely N-dealkylation sites (tertiary alicyclic amines) is 2. The first-order chi connectivity index (χ1) is 12.7. The number of methoxy groups -OCH3 is 1. The van der Waals surface area contributed by atoms with Crippen LogP contribution in [0.25, 0.3) is 0 Å². The van der Waals surface area contributed by atoms with Crippen LogP contribution in [0.15, 0.2) is 24.3 Å². The Kier molecular flexibility index (Phi) is 6.61. The molecule has 2 heterocycles. The molecule has 0 saturated carbocycles. The fraction of sp³-hybridized carbons (Fsp3) is 0.650. The number of amides is 2. The second-order valence-corrected chi connectivity index (χ2v) is 7.14. The number of benzene rings is 1. The van der Waals surface area contributed by atoms with Crippen LogP contribution in [0.3, 0.4) is 0 Å². The van der Waals surface area contributed by atoms with Gasteiger partial charge >= 0.3 is 6.03 Å². The third-order valence-corrected chi connectivity index (χ3v) is 5.37. The van der Waals surface area contributed by atoms with Crippen molar-refractivity contribution in [1.82, 2.24) is 15.1 Å². The van der Waals surface area contributed by atoms with E-state index in [9.17, 15) is 4.79 Å². The van der Waals surface area contributed by atoms with E-state index in [2.05, 4.69) is 17.1 Å². The van der Waals surface area contributed by atoms with Crippen molar-refractivity contribution in [2.75, 3.05) is 39.8 Å². The Labute approximate surface area is 156 Å². The smallest absolute Gasteiger partial charge is 0.317 e. The third kappa shape index (κ3) is 4.61. The summed E-state index contributed by atoms with van der Waals surface area (Å²) in [5.74, 6) is 1.46. The minimum absolute atomic E-state index is 0.0142. The second-order valence-electron chi connectivity index (χ2n) is 7.14. The van der Waals surface area contributed by atoms with Crippen LogP contribution in [0.4, 0.5) is 4.79 Å². The Hall–Kier alpha value is -1.95. The molecule has 3 rings (SSSR count). The van der Waals surface area contributed by atoms with Crippen LogP contribution >= 0.6 is 0 Å². The lowest BCUT2D eigenvalue weighted by Crippen LogP contribution is -2.60. The van der Waals surface area contributed by atoms with Crippen molar-refractivity contribution < 1.29 is 14.3 Å². The molecule has 1 aromatic rings. The summed E-state index contributed by atoms with van der Waals surface area (Å²) in [7, 11) is 1.63. The molecule has 0 aromatic heterocycles.